The molecule has 1 heterocycles. The third-order valence-electron chi connectivity index (χ3n) is 3.11. The first-order valence-corrected chi connectivity index (χ1v) is 6.03. The lowest BCUT2D eigenvalue weighted by atomic mass is 10.0. The van der Waals surface area contributed by atoms with Crippen LogP contribution in [-0.4, -0.2) is 4.57 Å². The molecule has 0 saturated heterocycles. The predicted octanol–water partition coefficient (Wildman–Crippen LogP) is 2.57. The Morgan fingerprint density at radius 3 is 2.26 bits per heavy atom. The van der Waals surface area contributed by atoms with Crippen molar-refractivity contribution in [2.45, 2.75) is 6.92 Å². The summed E-state index contributed by atoms with van der Waals surface area (Å²) < 4.78 is 1.13. The molecule has 0 unspecified atom stereocenters. The van der Waals surface area contributed by atoms with Gasteiger partial charge in [0.05, 0.1) is 0 Å². The summed E-state index contributed by atoms with van der Waals surface area (Å²) in [5, 5.41) is 1.29. The van der Waals surface area contributed by atoms with Crippen LogP contribution in [0.3, 0.4) is 0 Å². The zero-order valence-corrected chi connectivity index (χ0v) is 11.0. The Morgan fingerprint density at radius 2 is 1.68 bits per heavy atom. The quantitative estimate of drug-likeness (QED) is 0.825. The maximum Gasteiger partial charge on any atom is 0.261 e. The van der Waals surface area contributed by atoms with Gasteiger partial charge >= 0.3 is 0 Å². The molecular weight excluding hydrogens is 238 g/mol. The van der Waals surface area contributed by atoms with Gasteiger partial charge < -0.3 is 0 Å². The Morgan fingerprint density at radius 1 is 1.05 bits per heavy atom. The van der Waals surface area contributed by atoms with E-state index in [1.54, 1.807) is 12.1 Å². The van der Waals surface area contributed by atoms with Gasteiger partial charge in [0.1, 0.15) is 0 Å². The van der Waals surface area contributed by atoms with Crippen LogP contribution >= 0.6 is 0 Å². The molecule has 0 aliphatic heterocycles. The summed E-state index contributed by atoms with van der Waals surface area (Å²) in [6, 6.07) is 7.23. The molecule has 0 fully saturated rings. The molecule has 96 valence electrons. The number of fused-ring (bicyclic) bond motifs is 1. The first kappa shape index (κ1) is 13.0. The summed E-state index contributed by atoms with van der Waals surface area (Å²) in [5.41, 5.74) is 0.554. The Hall–Kier alpha value is -2.42. The van der Waals surface area contributed by atoms with E-state index >= 15 is 0 Å². The van der Waals surface area contributed by atoms with Crippen LogP contribution in [0.2, 0.25) is 0 Å². The van der Waals surface area contributed by atoms with Gasteiger partial charge in [-0.15, -0.1) is 0 Å². The molecule has 1 aromatic heterocycles. The highest BCUT2D eigenvalue weighted by molar-refractivity contribution is 5.92. The van der Waals surface area contributed by atoms with Crippen LogP contribution in [0.25, 0.3) is 22.9 Å². The molecule has 1 aromatic carbocycles. The fourth-order valence-corrected chi connectivity index (χ4v) is 2.16. The first-order valence-electron chi connectivity index (χ1n) is 6.03. The molecule has 0 bridgehead atoms. The molecule has 0 amide bonds. The second-order valence-corrected chi connectivity index (χ2v) is 4.25. The van der Waals surface area contributed by atoms with Crippen molar-refractivity contribution in [1.82, 2.24) is 4.57 Å². The van der Waals surface area contributed by atoms with Crippen LogP contribution in [0.4, 0.5) is 0 Å². The maximum atomic E-state index is 12.3. The van der Waals surface area contributed by atoms with E-state index in [4.69, 9.17) is 0 Å². The Kier molecular flexibility index (Phi) is 3.47. The standard InChI is InChI=1S/C16H15NO2/c1-4-8-12-11(5-2)15(18)17(3)16(19)14-10-7-6-9-13(12)14/h4-10H,2H2,1,3H3/b8-4-. The van der Waals surface area contributed by atoms with Crippen molar-refractivity contribution in [2.75, 3.05) is 0 Å². The Balaban J connectivity index is 3.28. The minimum Gasteiger partial charge on any atom is -0.277 e. The van der Waals surface area contributed by atoms with Crippen LogP contribution in [0, 0.1) is 0 Å². The van der Waals surface area contributed by atoms with Crippen LogP contribution in [0.15, 0.2) is 46.5 Å². The van der Waals surface area contributed by atoms with Crippen molar-refractivity contribution >= 4 is 22.9 Å². The lowest BCUT2D eigenvalue weighted by Gasteiger charge is -1.98. The van der Waals surface area contributed by atoms with Crippen molar-refractivity contribution in [3.63, 3.8) is 0 Å². The Labute approximate surface area is 111 Å². The summed E-state index contributed by atoms with van der Waals surface area (Å²) in [6.07, 6.45) is 5.18. The molecule has 0 saturated carbocycles. The van der Waals surface area contributed by atoms with Gasteiger partial charge in [0.15, 0.2) is 0 Å². The van der Waals surface area contributed by atoms with Gasteiger partial charge in [-0.3, -0.25) is 14.2 Å². The first-order chi connectivity index (χ1) is 9.11. The van der Waals surface area contributed by atoms with Gasteiger partial charge in [-0.1, -0.05) is 43.0 Å². The number of allylic oxidation sites excluding steroid dienone is 1. The van der Waals surface area contributed by atoms with Crippen molar-refractivity contribution in [3.05, 3.63) is 68.8 Å². The molecule has 0 atom stereocenters. The topological polar surface area (TPSA) is 39.1 Å². The van der Waals surface area contributed by atoms with E-state index in [1.807, 2.05) is 31.2 Å². The number of hydrogen-bond acceptors (Lipinski definition) is 2. The molecule has 0 spiro atoms. The maximum absolute atomic E-state index is 12.3. The van der Waals surface area contributed by atoms with Gasteiger partial charge in [0.25, 0.3) is 11.1 Å². The minimum absolute atomic E-state index is 0.292. The summed E-state index contributed by atoms with van der Waals surface area (Å²) in [5.74, 6) is 0. The van der Waals surface area contributed by atoms with E-state index in [9.17, 15) is 9.59 Å². The number of nitrogens with zero attached hydrogens (tertiary/aromatic N) is 1. The Bertz CT molecular complexity index is 798. The zero-order valence-electron chi connectivity index (χ0n) is 11.0. The molecule has 19 heavy (non-hydrogen) atoms. The summed E-state index contributed by atoms with van der Waals surface area (Å²) >= 11 is 0. The molecule has 3 heteroatoms. The number of benzene rings is 1. The van der Waals surface area contributed by atoms with Crippen LogP contribution < -0.4 is 11.1 Å². The third-order valence-corrected chi connectivity index (χ3v) is 3.11. The van der Waals surface area contributed by atoms with Crippen LogP contribution in [0.1, 0.15) is 18.1 Å². The van der Waals surface area contributed by atoms with Crippen molar-refractivity contribution < 1.29 is 0 Å². The van der Waals surface area contributed by atoms with Crippen LogP contribution in [-0.2, 0) is 7.05 Å². The molecule has 0 N–H and O–H groups in total. The average Bonchev–Trinajstić information content (AvgIpc) is 2.51. The smallest absolute Gasteiger partial charge is 0.261 e. The van der Waals surface area contributed by atoms with Gasteiger partial charge in [-0.2, -0.15) is 0 Å². The summed E-state index contributed by atoms with van der Waals surface area (Å²) in [7, 11) is 1.49. The zero-order chi connectivity index (χ0) is 14.0. The van der Waals surface area contributed by atoms with E-state index in [0.717, 1.165) is 15.5 Å². The van der Waals surface area contributed by atoms with Gasteiger partial charge in [0.2, 0.25) is 0 Å². The van der Waals surface area contributed by atoms with E-state index in [0.29, 0.717) is 10.9 Å². The van der Waals surface area contributed by atoms with E-state index in [-0.39, 0.29) is 11.1 Å². The predicted molar refractivity (Wildman–Crippen MR) is 80.3 cm³/mol. The fourth-order valence-electron chi connectivity index (χ4n) is 2.16. The summed E-state index contributed by atoms with van der Waals surface area (Å²) in [6.45, 7) is 5.56. The SMILES string of the molecule is C=Cc1c(/C=C\C)c2ccccc2c(=O)n(C)c1=O. The number of aromatic nitrogens is 1. The van der Waals surface area contributed by atoms with E-state index < -0.39 is 0 Å². The molecular formula is C16H15NO2. The molecule has 2 aromatic rings. The van der Waals surface area contributed by atoms with Crippen LogP contribution in [0.5, 0.6) is 0 Å². The molecule has 0 radical (unpaired) electrons. The van der Waals surface area contributed by atoms with Crippen molar-refractivity contribution in [1.29, 1.82) is 0 Å². The molecule has 2 rings (SSSR count). The molecule has 3 nitrogen and oxygen atoms in total. The number of rotatable bonds is 2. The molecule has 0 aliphatic rings. The molecule has 0 aliphatic carbocycles. The van der Waals surface area contributed by atoms with Gasteiger partial charge in [-0.25, -0.2) is 0 Å². The number of hydrogen-bond donors (Lipinski definition) is 0. The highest BCUT2D eigenvalue weighted by Crippen LogP contribution is 2.18. The average molecular weight is 253 g/mol. The largest absolute Gasteiger partial charge is 0.277 e. The second kappa shape index (κ2) is 5.06. The minimum atomic E-state index is -0.329. The second-order valence-electron chi connectivity index (χ2n) is 4.25. The third kappa shape index (κ3) is 2.03. The fraction of sp³-hybridized carbons (Fsp3) is 0.125. The van der Waals surface area contributed by atoms with E-state index in [2.05, 4.69) is 6.58 Å². The van der Waals surface area contributed by atoms with E-state index in [1.165, 1.54) is 13.1 Å². The highest BCUT2D eigenvalue weighted by Gasteiger charge is 2.10. The highest BCUT2D eigenvalue weighted by atomic mass is 16.2. The van der Waals surface area contributed by atoms with Gasteiger partial charge in [-0.05, 0) is 23.9 Å². The lowest BCUT2D eigenvalue weighted by Crippen LogP contribution is -2.28. The van der Waals surface area contributed by atoms with Crippen molar-refractivity contribution in [2.24, 2.45) is 7.05 Å². The monoisotopic (exact) mass is 253 g/mol. The normalized spacial score (nSPS) is 11.1. The summed E-state index contributed by atoms with van der Waals surface area (Å²) in [4.78, 5) is 24.6. The van der Waals surface area contributed by atoms with Crippen molar-refractivity contribution in [3.8, 4) is 0 Å². The lowest BCUT2D eigenvalue weighted by molar-refractivity contribution is 0.835. The van der Waals surface area contributed by atoms with Gasteiger partial charge in [0, 0.05) is 18.0 Å².